The highest BCUT2D eigenvalue weighted by Gasteiger charge is 2.16. The molecule has 0 aliphatic rings. The average molecular weight is 625 g/mol. The van der Waals surface area contributed by atoms with Gasteiger partial charge in [-0.05, 0) is 54.1 Å². The summed E-state index contributed by atoms with van der Waals surface area (Å²) in [6.07, 6.45) is 1.62. The van der Waals surface area contributed by atoms with Crippen molar-refractivity contribution in [2.75, 3.05) is 16.4 Å². The molecule has 4 aromatic carbocycles. The van der Waals surface area contributed by atoms with E-state index in [9.17, 15) is 14.4 Å². The quantitative estimate of drug-likeness (QED) is 0.110. The van der Waals surface area contributed by atoms with E-state index < -0.39 is 11.8 Å². The van der Waals surface area contributed by atoms with E-state index in [1.807, 2.05) is 60.0 Å². The maximum Gasteiger partial charge on any atom is 0.272 e. The van der Waals surface area contributed by atoms with Gasteiger partial charge in [0.05, 0.1) is 11.4 Å². The van der Waals surface area contributed by atoms with E-state index in [0.29, 0.717) is 21.4 Å². The van der Waals surface area contributed by atoms with Crippen molar-refractivity contribution in [1.82, 2.24) is 10.3 Å². The van der Waals surface area contributed by atoms with Crippen LogP contribution in [-0.2, 0) is 9.59 Å². The molecule has 0 saturated carbocycles. The van der Waals surface area contributed by atoms with E-state index in [2.05, 4.69) is 20.9 Å². The highest BCUT2D eigenvalue weighted by molar-refractivity contribution is 8.00. The third kappa shape index (κ3) is 8.65. The zero-order valence-electron chi connectivity index (χ0n) is 22.6. The molecular formula is C33H25ClN4O3S2. The molecule has 214 valence electrons. The molecular weight excluding hydrogens is 600 g/mol. The molecule has 43 heavy (non-hydrogen) atoms. The van der Waals surface area contributed by atoms with E-state index in [1.165, 1.54) is 23.1 Å². The number of thiazole rings is 1. The molecule has 5 aromatic rings. The van der Waals surface area contributed by atoms with Crippen LogP contribution in [0.2, 0.25) is 5.02 Å². The topological polar surface area (TPSA) is 100 Å². The summed E-state index contributed by atoms with van der Waals surface area (Å²) in [5.41, 5.74) is 3.49. The first-order valence-electron chi connectivity index (χ1n) is 13.1. The molecule has 0 fully saturated rings. The molecule has 3 amide bonds. The Bertz CT molecular complexity index is 1760. The van der Waals surface area contributed by atoms with Gasteiger partial charge in [0.15, 0.2) is 5.13 Å². The van der Waals surface area contributed by atoms with Crippen molar-refractivity contribution in [3.63, 3.8) is 0 Å². The van der Waals surface area contributed by atoms with Gasteiger partial charge in [0.25, 0.3) is 11.8 Å². The highest BCUT2D eigenvalue weighted by atomic mass is 35.5. The van der Waals surface area contributed by atoms with Crippen LogP contribution in [0.25, 0.3) is 17.3 Å². The Balaban J connectivity index is 1.21. The monoisotopic (exact) mass is 624 g/mol. The molecule has 0 saturated heterocycles. The predicted octanol–water partition coefficient (Wildman–Crippen LogP) is 7.60. The number of amides is 3. The van der Waals surface area contributed by atoms with Crippen molar-refractivity contribution in [2.24, 2.45) is 0 Å². The maximum atomic E-state index is 13.3. The van der Waals surface area contributed by atoms with Gasteiger partial charge in [0.2, 0.25) is 5.91 Å². The van der Waals surface area contributed by atoms with Crippen molar-refractivity contribution in [1.29, 1.82) is 0 Å². The van der Waals surface area contributed by atoms with Gasteiger partial charge in [-0.15, -0.1) is 23.1 Å². The lowest BCUT2D eigenvalue weighted by Gasteiger charge is -2.12. The normalized spacial score (nSPS) is 11.0. The Hall–Kier alpha value is -4.70. The molecule has 0 atom stereocenters. The maximum absolute atomic E-state index is 13.3. The lowest BCUT2D eigenvalue weighted by atomic mass is 10.1. The molecule has 0 radical (unpaired) electrons. The van der Waals surface area contributed by atoms with E-state index in [1.54, 1.807) is 60.7 Å². The van der Waals surface area contributed by atoms with Crippen LogP contribution in [0.3, 0.4) is 0 Å². The number of aromatic nitrogens is 1. The number of nitrogens with one attached hydrogen (secondary N) is 3. The molecule has 0 aliphatic carbocycles. The molecule has 3 N–H and O–H groups in total. The molecule has 0 bridgehead atoms. The minimum Gasteiger partial charge on any atom is -0.321 e. The van der Waals surface area contributed by atoms with E-state index in [-0.39, 0.29) is 17.4 Å². The minimum absolute atomic E-state index is 0.0962. The number of anilines is 2. The third-order valence-corrected chi connectivity index (χ3v) is 8.00. The number of hydrogen-bond acceptors (Lipinski definition) is 6. The van der Waals surface area contributed by atoms with E-state index in [4.69, 9.17) is 11.6 Å². The standard InChI is InChI=1S/C33H25ClN4O3S2/c34-25-16-14-23(15-17-25)29-20-43-33(37-29)38-30(39)21-42-27-13-7-12-26(19-27)35-32(41)28(18-22-8-3-1-4-9-22)36-31(40)24-10-5-2-6-11-24/h1-20H,21H2,(H,35,41)(H,36,40)(H,37,38,39)/b28-18-. The molecule has 1 aromatic heterocycles. The highest BCUT2D eigenvalue weighted by Crippen LogP contribution is 2.27. The van der Waals surface area contributed by atoms with Gasteiger partial charge < -0.3 is 16.0 Å². The molecule has 10 heteroatoms. The fourth-order valence-corrected chi connectivity index (χ4v) is 5.53. The van der Waals surface area contributed by atoms with Crippen LogP contribution in [0.1, 0.15) is 15.9 Å². The summed E-state index contributed by atoms with van der Waals surface area (Å²) in [6.45, 7) is 0. The Morgan fingerprint density at radius 2 is 1.56 bits per heavy atom. The van der Waals surface area contributed by atoms with Crippen LogP contribution in [0.15, 0.2) is 125 Å². The van der Waals surface area contributed by atoms with Gasteiger partial charge in [-0.3, -0.25) is 14.4 Å². The van der Waals surface area contributed by atoms with Crippen LogP contribution in [0.5, 0.6) is 0 Å². The van der Waals surface area contributed by atoms with Crippen molar-refractivity contribution >= 4 is 69.3 Å². The number of carbonyl (C=O) groups excluding carboxylic acids is 3. The first kappa shape index (κ1) is 29.8. The molecule has 7 nitrogen and oxygen atoms in total. The van der Waals surface area contributed by atoms with Crippen LogP contribution >= 0.6 is 34.7 Å². The molecule has 5 rings (SSSR count). The molecule has 0 spiro atoms. The Morgan fingerprint density at radius 3 is 2.30 bits per heavy atom. The number of nitrogens with zero attached hydrogens (tertiary/aromatic N) is 1. The van der Waals surface area contributed by atoms with Crippen molar-refractivity contribution in [3.8, 4) is 11.3 Å². The zero-order valence-corrected chi connectivity index (χ0v) is 25.0. The minimum atomic E-state index is -0.478. The summed E-state index contributed by atoms with van der Waals surface area (Å²) in [7, 11) is 0. The lowest BCUT2D eigenvalue weighted by Crippen LogP contribution is -2.30. The number of thioether (sulfide) groups is 1. The van der Waals surface area contributed by atoms with Gasteiger partial charge >= 0.3 is 0 Å². The Morgan fingerprint density at radius 1 is 0.837 bits per heavy atom. The summed E-state index contributed by atoms with van der Waals surface area (Å²) in [5, 5.41) is 11.5. The zero-order chi connectivity index (χ0) is 30.0. The molecule has 0 unspecified atom stereocenters. The second kappa shape index (κ2) is 14.5. The fraction of sp³-hybridized carbons (Fsp3) is 0.0303. The van der Waals surface area contributed by atoms with Gasteiger partial charge in [-0.1, -0.05) is 78.3 Å². The first-order chi connectivity index (χ1) is 20.9. The Kier molecular flexibility index (Phi) is 10.0. The number of rotatable bonds is 10. The van der Waals surface area contributed by atoms with Gasteiger partial charge in [0.1, 0.15) is 5.70 Å². The van der Waals surface area contributed by atoms with Gasteiger partial charge in [-0.2, -0.15) is 0 Å². The summed E-state index contributed by atoms with van der Waals surface area (Å²) in [6, 6.07) is 32.5. The average Bonchev–Trinajstić information content (AvgIpc) is 3.49. The van der Waals surface area contributed by atoms with Crippen LogP contribution in [-0.4, -0.2) is 28.5 Å². The fourth-order valence-electron chi connectivity index (χ4n) is 3.91. The predicted molar refractivity (Wildman–Crippen MR) is 175 cm³/mol. The van der Waals surface area contributed by atoms with Crippen LogP contribution in [0, 0.1) is 0 Å². The second-order valence-electron chi connectivity index (χ2n) is 9.15. The van der Waals surface area contributed by atoms with Crippen molar-refractivity contribution < 1.29 is 14.4 Å². The third-order valence-electron chi connectivity index (χ3n) is 5.99. The summed E-state index contributed by atoms with van der Waals surface area (Å²) in [5.74, 6) is -0.922. The van der Waals surface area contributed by atoms with Crippen LogP contribution in [0.4, 0.5) is 10.8 Å². The SMILES string of the molecule is O=C(CSc1cccc(NC(=O)/C(=C/c2ccccc2)NC(=O)c2ccccc2)c1)Nc1nc(-c2ccc(Cl)cc2)cs1. The van der Waals surface area contributed by atoms with E-state index in [0.717, 1.165) is 21.7 Å². The summed E-state index contributed by atoms with van der Waals surface area (Å²) >= 11 is 8.63. The lowest BCUT2D eigenvalue weighted by molar-refractivity contribution is -0.114. The Labute approximate surface area is 262 Å². The molecule has 1 heterocycles. The van der Waals surface area contributed by atoms with E-state index >= 15 is 0 Å². The largest absolute Gasteiger partial charge is 0.321 e. The smallest absolute Gasteiger partial charge is 0.272 e. The molecule has 0 aliphatic heterocycles. The number of benzene rings is 4. The van der Waals surface area contributed by atoms with Crippen molar-refractivity contribution in [3.05, 3.63) is 136 Å². The summed E-state index contributed by atoms with van der Waals surface area (Å²) in [4.78, 5) is 44.0. The van der Waals surface area contributed by atoms with Gasteiger partial charge in [-0.25, -0.2) is 4.98 Å². The number of carbonyl (C=O) groups is 3. The van der Waals surface area contributed by atoms with Crippen molar-refractivity contribution in [2.45, 2.75) is 4.90 Å². The van der Waals surface area contributed by atoms with Crippen LogP contribution < -0.4 is 16.0 Å². The van der Waals surface area contributed by atoms with Gasteiger partial charge in [0, 0.05) is 32.1 Å². The number of halogens is 1. The summed E-state index contributed by atoms with van der Waals surface area (Å²) < 4.78 is 0. The second-order valence-corrected chi connectivity index (χ2v) is 11.5. The number of hydrogen-bond donors (Lipinski definition) is 3. The first-order valence-corrected chi connectivity index (χ1v) is 15.4.